The van der Waals surface area contributed by atoms with Crippen molar-refractivity contribution in [1.82, 2.24) is 10.6 Å². The van der Waals surface area contributed by atoms with Gasteiger partial charge >= 0.3 is 0 Å². The zero-order valence-electron chi connectivity index (χ0n) is 8.22. The lowest BCUT2D eigenvalue weighted by atomic mass is 10.3. The Morgan fingerprint density at radius 3 is 2.38 bits per heavy atom. The highest BCUT2D eigenvalue weighted by Gasteiger charge is 2.15. The quantitative estimate of drug-likeness (QED) is 0.661. The molecule has 0 saturated heterocycles. The van der Waals surface area contributed by atoms with E-state index in [1.165, 1.54) is 11.8 Å². The molecule has 0 aliphatic carbocycles. The van der Waals surface area contributed by atoms with Crippen LogP contribution in [0.3, 0.4) is 0 Å². The number of hydrogen-bond donors (Lipinski definition) is 2. The summed E-state index contributed by atoms with van der Waals surface area (Å²) in [6, 6.07) is -0.287. The van der Waals surface area contributed by atoms with E-state index in [0.717, 1.165) is 0 Å². The van der Waals surface area contributed by atoms with Crippen LogP contribution in [0.1, 0.15) is 13.3 Å². The van der Waals surface area contributed by atoms with E-state index in [9.17, 15) is 9.59 Å². The minimum atomic E-state index is -0.287. The van der Waals surface area contributed by atoms with Gasteiger partial charge in [-0.2, -0.15) is 0 Å². The molecule has 0 saturated carbocycles. The smallest absolute Gasteiger partial charge is 0.237 e. The van der Waals surface area contributed by atoms with Crippen molar-refractivity contribution in [3.8, 4) is 0 Å². The number of carbonyl (C=O) groups excluding carboxylic acids is 2. The molecule has 1 atom stereocenters. The Morgan fingerprint density at radius 2 is 2.00 bits per heavy atom. The van der Waals surface area contributed by atoms with Crippen LogP contribution in [0, 0.1) is 0 Å². The summed E-state index contributed by atoms with van der Waals surface area (Å²) in [4.78, 5) is 22.1. The molecule has 0 rings (SSSR count). The van der Waals surface area contributed by atoms with Crippen LogP contribution in [-0.4, -0.2) is 36.9 Å². The SMILES string of the molecule is CCC(=O)SC[C@@H](NC)C(=O)NC. The van der Waals surface area contributed by atoms with Gasteiger partial charge in [0.05, 0.1) is 6.04 Å². The van der Waals surface area contributed by atoms with E-state index in [1.807, 2.05) is 6.92 Å². The Kier molecular flexibility index (Phi) is 6.62. The monoisotopic (exact) mass is 204 g/mol. The molecule has 1 amide bonds. The van der Waals surface area contributed by atoms with Crippen LogP contribution in [0.15, 0.2) is 0 Å². The predicted molar refractivity (Wildman–Crippen MR) is 54.7 cm³/mol. The van der Waals surface area contributed by atoms with Crippen LogP contribution >= 0.6 is 11.8 Å². The van der Waals surface area contributed by atoms with Crippen molar-refractivity contribution in [3.05, 3.63) is 0 Å². The fourth-order valence-corrected chi connectivity index (χ4v) is 1.62. The van der Waals surface area contributed by atoms with Gasteiger partial charge in [0.25, 0.3) is 0 Å². The number of rotatable bonds is 5. The van der Waals surface area contributed by atoms with Gasteiger partial charge in [-0.05, 0) is 7.05 Å². The van der Waals surface area contributed by atoms with Gasteiger partial charge in [0, 0.05) is 19.2 Å². The standard InChI is InChI=1S/C8H16N2O2S/c1-4-7(11)13-5-6(9-2)8(12)10-3/h6,9H,4-5H2,1-3H3,(H,10,12)/t6-/m1/s1. The van der Waals surface area contributed by atoms with E-state index in [0.29, 0.717) is 12.2 Å². The molecule has 0 aliphatic rings. The summed E-state index contributed by atoms with van der Waals surface area (Å²) < 4.78 is 0. The van der Waals surface area contributed by atoms with Crippen LogP contribution in [0.4, 0.5) is 0 Å². The second kappa shape index (κ2) is 6.91. The lowest BCUT2D eigenvalue weighted by Crippen LogP contribution is -2.43. The normalized spacial score (nSPS) is 12.2. The fraction of sp³-hybridized carbons (Fsp3) is 0.750. The summed E-state index contributed by atoms with van der Waals surface area (Å²) in [6.45, 7) is 1.81. The van der Waals surface area contributed by atoms with Gasteiger partial charge in [-0.1, -0.05) is 18.7 Å². The summed E-state index contributed by atoms with van der Waals surface area (Å²) in [7, 11) is 3.29. The number of nitrogens with one attached hydrogen (secondary N) is 2. The molecule has 0 heterocycles. The molecule has 0 aliphatic heterocycles. The first-order valence-electron chi connectivity index (χ1n) is 4.20. The molecular formula is C8H16N2O2S. The molecule has 0 aromatic rings. The van der Waals surface area contributed by atoms with Gasteiger partial charge in [0.2, 0.25) is 5.91 Å². The number of likely N-dealkylation sites (N-methyl/N-ethyl adjacent to an activating group) is 2. The van der Waals surface area contributed by atoms with E-state index in [1.54, 1.807) is 14.1 Å². The lowest BCUT2D eigenvalue weighted by molar-refractivity contribution is -0.121. The van der Waals surface area contributed by atoms with Crippen molar-refractivity contribution in [2.24, 2.45) is 0 Å². The molecule has 0 spiro atoms. The van der Waals surface area contributed by atoms with Crippen LogP contribution in [0.25, 0.3) is 0 Å². The van der Waals surface area contributed by atoms with E-state index >= 15 is 0 Å². The van der Waals surface area contributed by atoms with Crippen molar-refractivity contribution < 1.29 is 9.59 Å². The molecule has 0 unspecified atom stereocenters. The van der Waals surface area contributed by atoms with E-state index < -0.39 is 0 Å². The second-order valence-corrected chi connectivity index (χ2v) is 3.57. The molecule has 0 bridgehead atoms. The molecule has 0 radical (unpaired) electrons. The van der Waals surface area contributed by atoms with Crippen molar-refractivity contribution in [1.29, 1.82) is 0 Å². The molecule has 0 aromatic heterocycles. The van der Waals surface area contributed by atoms with Crippen LogP contribution < -0.4 is 10.6 Å². The Bertz CT molecular complexity index is 185. The zero-order valence-corrected chi connectivity index (χ0v) is 9.03. The number of amides is 1. The first-order valence-corrected chi connectivity index (χ1v) is 5.18. The zero-order chi connectivity index (χ0) is 10.3. The first kappa shape index (κ1) is 12.4. The maximum Gasteiger partial charge on any atom is 0.237 e. The molecule has 76 valence electrons. The highest BCUT2D eigenvalue weighted by molar-refractivity contribution is 8.13. The van der Waals surface area contributed by atoms with Crippen molar-refractivity contribution >= 4 is 22.8 Å². The van der Waals surface area contributed by atoms with Crippen molar-refractivity contribution in [2.45, 2.75) is 19.4 Å². The first-order chi connectivity index (χ1) is 6.15. The summed E-state index contributed by atoms with van der Waals surface area (Å²) >= 11 is 1.19. The molecule has 4 nitrogen and oxygen atoms in total. The minimum absolute atomic E-state index is 0.0843. The Labute approximate surface area is 82.8 Å². The average molecular weight is 204 g/mol. The van der Waals surface area contributed by atoms with Crippen LogP contribution in [0.2, 0.25) is 0 Å². The minimum Gasteiger partial charge on any atom is -0.358 e. The van der Waals surface area contributed by atoms with Gasteiger partial charge in [-0.25, -0.2) is 0 Å². The number of carbonyl (C=O) groups is 2. The third-order valence-electron chi connectivity index (χ3n) is 1.61. The van der Waals surface area contributed by atoms with Gasteiger partial charge in [-0.3, -0.25) is 9.59 Å². The molecule has 0 fully saturated rings. The molecule has 13 heavy (non-hydrogen) atoms. The highest BCUT2D eigenvalue weighted by atomic mass is 32.2. The third kappa shape index (κ3) is 4.90. The molecule has 0 aromatic carbocycles. The van der Waals surface area contributed by atoms with E-state index in [4.69, 9.17) is 0 Å². The third-order valence-corrected chi connectivity index (χ3v) is 2.72. The molecular weight excluding hydrogens is 188 g/mol. The average Bonchev–Trinajstić information content (AvgIpc) is 2.17. The van der Waals surface area contributed by atoms with Crippen LogP contribution in [0.5, 0.6) is 0 Å². The lowest BCUT2D eigenvalue weighted by Gasteiger charge is -2.12. The van der Waals surface area contributed by atoms with E-state index in [-0.39, 0.29) is 17.1 Å². The topological polar surface area (TPSA) is 58.2 Å². The summed E-state index contributed by atoms with van der Waals surface area (Å²) in [5.41, 5.74) is 0. The number of hydrogen-bond acceptors (Lipinski definition) is 4. The highest BCUT2D eigenvalue weighted by Crippen LogP contribution is 2.06. The van der Waals surface area contributed by atoms with Crippen molar-refractivity contribution in [2.75, 3.05) is 19.8 Å². The molecule has 2 N–H and O–H groups in total. The Hall–Kier alpha value is -0.550. The van der Waals surface area contributed by atoms with Gasteiger partial charge in [0.15, 0.2) is 5.12 Å². The van der Waals surface area contributed by atoms with Crippen molar-refractivity contribution in [3.63, 3.8) is 0 Å². The largest absolute Gasteiger partial charge is 0.358 e. The molecule has 5 heteroatoms. The predicted octanol–water partition coefficient (Wildman–Crippen LogP) is -0.00980. The van der Waals surface area contributed by atoms with Crippen LogP contribution in [-0.2, 0) is 9.59 Å². The summed E-state index contributed by atoms with van der Waals surface area (Å²) in [5, 5.41) is 5.49. The fourth-order valence-electron chi connectivity index (χ4n) is 0.743. The van der Waals surface area contributed by atoms with Gasteiger partial charge < -0.3 is 10.6 Å². The maximum absolute atomic E-state index is 11.1. The summed E-state index contributed by atoms with van der Waals surface area (Å²) in [5.74, 6) is 0.405. The summed E-state index contributed by atoms with van der Waals surface area (Å²) in [6.07, 6.45) is 0.509. The maximum atomic E-state index is 11.1. The second-order valence-electron chi connectivity index (χ2n) is 2.49. The van der Waals surface area contributed by atoms with Gasteiger partial charge in [-0.15, -0.1) is 0 Å². The van der Waals surface area contributed by atoms with E-state index in [2.05, 4.69) is 10.6 Å². The Balaban J connectivity index is 3.85. The van der Waals surface area contributed by atoms with Gasteiger partial charge in [0.1, 0.15) is 0 Å². The Morgan fingerprint density at radius 1 is 1.38 bits per heavy atom. The number of thioether (sulfide) groups is 1.